The normalized spacial score (nSPS) is 30.8. The van der Waals surface area contributed by atoms with Crippen LogP contribution in [0.1, 0.15) is 66.2 Å². The summed E-state index contributed by atoms with van der Waals surface area (Å²) >= 11 is 1.73. The maximum Gasteiger partial charge on any atom is 0.247 e. The van der Waals surface area contributed by atoms with Crippen molar-refractivity contribution in [3.8, 4) is 0 Å². The van der Waals surface area contributed by atoms with Crippen LogP contribution in [0, 0.1) is 17.8 Å². The lowest BCUT2D eigenvalue weighted by atomic mass is 9.65. The summed E-state index contributed by atoms with van der Waals surface area (Å²) < 4.78 is -0.615. The third-order valence-electron chi connectivity index (χ3n) is 8.57. The number of hydrogen-bond donors (Lipinski definition) is 1. The third kappa shape index (κ3) is 5.25. The van der Waals surface area contributed by atoms with E-state index < -0.39 is 22.6 Å². The highest BCUT2D eigenvalue weighted by Crippen LogP contribution is 2.69. The predicted molar refractivity (Wildman–Crippen MR) is 150 cm³/mol. The molecule has 8 heteroatoms. The van der Waals surface area contributed by atoms with Crippen molar-refractivity contribution in [2.24, 2.45) is 17.8 Å². The Kier molecular flexibility index (Phi) is 10.3. The second kappa shape index (κ2) is 12.8. The number of carbonyl (C=O) groups excluding carboxylic acids is 3. The Morgan fingerprint density at radius 1 is 1.19 bits per heavy atom. The number of carbonyl (C=O) groups is 3. The number of hydrogen-bond acceptors (Lipinski definition) is 5. The second-order valence-electron chi connectivity index (χ2n) is 11.0. The van der Waals surface area contributed by atoms with Gasteiger partial charge in [-0.3, -0.25) is 14.4 Å². The van der Waals surface area contributed by atoms with E-state index in [0.717, 1.165) is 25.7 Å². The first-order valence-electron chi connectivity index (χ1n) is 14.1. The molecule has 0 saturated carbocycles. The first-order valence-corrected chi connectivity index (χ1v) is 15.0. The van der Waals surface area contributed by atoms with E-state index in [0.29, 0.717) is 39.0 Å². The quantitative estimate of drug-likeness (QED) is 0.256. The summed E-state index contributed by atoms with van der Waals surface area (Å²) in [4.78, 5) is 48.1. The highest BCUT2D eigenvalue weighted by molar-refractivity contribution is 8.02. The number of unbranched alkanes of at least 4 members (excludes halogenated alkanes) is 1. The molecule has 208 valence electrons. The van der Waals surface area contributed by atoms with Crippen molar-refractivity contribution in [1.29, 1.82) is 0 Å². The lowest BCUT2D eigenvalue weighted by molar-refractivity contribution is -0.145. The zero-order valence-corrected chi connectivity index (χ0v) is 24.0. The van der Waals surface area contributed by atoms with Gasteiger partial charge in [0.15, 0.2) is 0 Å². The van der Waals surface area contributed by atoms with Crippen LogP contribution in [-0.2, 0) is 14.4 Å². The maximum absolute atomic E-state index is 14.4. The summed E-state index contributed by atoms with van der Waals surface area (Å²) in [6, 6.07) is -0.575. The number of rotatable bonds is 15. The molecule has 4 unspecified atom stereocenters. The van der Waals surface area contributed by atoms with Gasteiger partial charge in [0.2, 0.25) is 17.7 Å². The molecular formula is C29H47N3O4S. The van der Waals surface area contributed by atoms with Gasteiger partial charge in [-0.15, -0.1) is 24.9 Å². The summed E-state index contributed by atoms with van der Waals surface area (Å²) in [6.45, 7) is 18.1. The Bertz CT molecular complexity index is 866. The van der Waals surface area contributed by atoms with Crippen LogP contribution >= 0.6 is 11.8 Å². The van der Waals surface area contributed by atoms with Crippen LogP contribution in [0.15, 0.2) is 25.3 Å². The number of aliphatic hydroxyl groups is 1. The molecule has 3 rings (SSSR count). The van der Waals surface area contributed by atoms with Crippen molar-refractivity contribution in [3.63, 3.8) is 0 Å². The van der Waals surface area contributed by atoms with Gasteiger partial charge < -0.3 is 19.8 Å². The molecule has 3 fully saturated rings. The summed E-state index contributed by atoms with van der Waals surface area (Å²) in [5.74, 6) is -0.837. The largest absolute Gasteiger partial charge is 0.396 e. The summed E-state index contributed by atoms with van der Waals surface area (Å²) in [6.07, 6.45) is 8.21. The van der Waals surface area contributed by atoms with Gasteiger partial charge in [0.25, 0.3) is 0 Å². The molecule has 1 spiro atoms. The van der Waals surface area contributed by atoms with Gasteiger partial charge >= 0.3 is 0 Å². The first-order chi connectivity index (χ1) is 17.7. The van der Waals surface area contributed by atoms with Crippen LogP contribution < -0.4 is 0 Å². The maximum atomic E-state index is 14.4. The molecule has 2 bridgehead atoms. The summed E-state index contributed by atoms with van der Waals surface area (Å²) in [5, 5.41) is 9.44. The highest BCUT2D eigenvalue weighted by atomic mass is 32.2. The molecule has 3 amide bonds. The minimum absolute atomic E-state index is 0.0229. The summed E-state index contributed by atoms with van der Waals surface area (Å²) in [5.41, 5.74) is 0. The fraction of sp³-hybridized carbons (Fsp3) is 0.759. The minimum Gasteiger partial charge on any atom is -0.396 e. The molecule has 3 saturated heterocycles. The average Bonchev–Trinajstić information content (AvgIpc) is 3.45. The van der Waals surface area contributed by atoms with Gasteiger partial charge in [-0.2, -0.15) is 0 Å². The monoisotopic (exact) mass is 533 g/mol. The number of amides is 3. The van der Waals surface area contributed by atoms with E-state index >= 15 is 0 Å². The van der Waals surface area contributed by atoms with Crippen molar-refractivity contribution in [3.05, 3.63) is 25.3 Å². The van der Waals surface area contributed by atoms with Gasteiger partial charge in [0.05, 0.1) is 16.6 Å². The van der Waals surface area contributed by atoms with E-state index in [-0.39, 0.29) is 41.5 Å². The molecule has 7 nitrogen and oxygen atoms in total. The number of aliphatic hydroxyl groups excluding tert-OH is 1. The van der Waals surface area contributed by atoms with Gasteiger partial charge in [0.1, 0.15) is 6.04 Å². The smallest absolute Gasteiger partial charge is 0.247 e. The lowest BCUT2D eigenvalue weighted by Gasteiger charge is -2.42. The van der Waals surface area contributed by atoms with E-state index in [1.807, 2.05) is 16.7 Å². The average molecular weight is 534 g/mol. The zero-order valence-electron chi connectivity index (χ0n) is 23.2. The van der Waals surface area contributed by atoms with E-state index in [2.05, 4.69) is 33.9 Å². The fourth-order valence-electron chi connectivity index (χ4n) is 7.00. The number of fused-ring (bicyclic) bond motifs is 1. The zero-order chi connectivity index (χ0) is 27.3. The molecule has 0 aromatic carbocycles. The molecule has 0 aromatic heterocycles. The molecule has 0 aromatic rings. The highest BCUT2D eigenvalue weighted by Gasteiger charge is 2.76. The molecule has 37 heavy (non-hydrogen) atoms. The lowest BCUT2D eigenvalue weighted by Crippen LogP contribution is -2.58. The van der Waals surface area contributed by atoms with E-state index in [1.165, 1.54) is 0 Å². The Labute approximate surface area is 227 Å². The summed E-state index contributed by atoms with van der Waals surface area (Å²) in [7, 11) is 0. The minimum atomic E-state index is -0.615. The molecule has 3 aliphatic rings. The Hall–Kier alpha value is -1.80. The topological polar surface area (TPSA) is 81.2 Å². The van der Waals surface area contributed by atoms with Crippen LogP contribution in [0.5, 0.6) is 0 Å². The molecule has 0 aliphatic carbocycles. The van der Waals surface area contributed by atoms with Crippen molar-refractivity contribution >= 4 is 29.5 Å². The van der Waals surface area contributed by atoms with Gasteiger partial charge in [-0.05, 0) is 44.9 Å². The third-order valence-corrected chi connectivity index (χ3v) is 10.6. The molecule has 3 aliphatic heterocycles. The van der Waals surface area contributed by atoms with Gasteiger partial charge in [-0.25, -0.2) is 0 Å². The van der Waals surface area contributed by atoms with E-state index in [4.69, 9.17) is 0 Å². The van der Waals surface area contributed by atoms with Gasteiger partial charge in [-0.1, -0.05) is 39.3 Å². The van der Waals surface area contributed by atoms with Crippen LogP contribution in [0.2, 0.25) is 0 Å². The fourth-order valence-corrected chi connectivity index (χ4v) is 9.41. The molecule has 7 atom stereocenters. The number of thioether (sulfide) groups is 1. The van der Waals surface area contributed by atoms with Gasteiger partial charge in [0, 0.05) is 44.1 Å². The van der Waals surface area contributed by atoms with Crippen molar-refractivity contribution in [2.45, 2.75) is 88.3 Å². The molecule has 0 radical (unpaired) electrons. The van der Waals surface area contributed by atoms with Crippen LogP contribution in [0.3, 0.4) is 0 Å². The molecule has 3 heterocycles. The first kappa shape index (κ1) is 29.8. The van der Waals surface area contributed by atoms with Crippen LogP contribution in [0.25, 0.3) is 0 Å². The Balaban J connectivity index is 2.06. The standard InChI is InChI=1S/C29H47N3O4S/c1-7-13-21(6)31(16-10-4)28(36)25-29-20(5)19-22(37-29)23(26(34)30(14-8-2)15-9-3)24(29)27(35)32(25)17-11-12-18-33/h8,10,20-25,33H,2,4,7,9,11-19H2,1,3,5-6H3/t20?,21?,22-,23+,24-,25?,29?/m0/s1. The number of likely N-dealkylation sites (tertiary alicyclic amines) is 1. The van der Waals surface area contributed by atoms with E-state index in [1.54, 1.807) is 28.8 Å². The predicted octanol–water partition coefficient (Wildman–Crippen LogP) is 3.72. The van der Waals surface area contributed by atoms with Crippen LogP contribution in [0.4, 0.5) is 0 Å². The SMILES string of the molecule is C=CCN(CCC)C(=O)[C@@H]1[C@@H]2CC(C)C3(S2)C(C(=O)N(CC=C)C(C)CCC)N(CCCCO)C(=O)[C@H]13. The number of nitrogens with zero attached hydrogens (tertiary/aromatic N) is 3. The van der Waals surface area contributed by atoms with Crippen molar-refractivity contribution in [1.82, 2.24) is 14.7 Å². The molecule has 1 N–H and O–H groups in total. The van der Waals surface area contributed by atoms with Crippen molar-refractivity contribution < 1.29 is 19.5 Å². The second-order valence-corrected chi connectivity index (χ2v) is 12.6. The van der Waals surface area contributed by atoms with Crippen molar-refractivity contribution in [2.75, 3.05) is 32.8 Å². The Morgan fingerprint density at radius 2 is 1.89 bits per heavy atom. The van der Waals surface area contributed by atoms with Crippen LogP contribution in [-0.4, -0.2) is 92.4 Å². The van der Waals surface area contributed by atoms with E-state index in [9.17, 15) is 19.5 Å². The Morgan fingerprint density at radius 3 is 2.49 bits per heavy atom. The molecular weight excluding hydrogens is 486 g/mol.